The summed E-state index contributed by atoms with van der Waals surface area (Å²) in [5.74, 6) is 0.369. The maximum atomic E-state index is 12.0. The molecule has 5 heteroatoms. The zero-order valence-electron chi connectivity index (χ0n) is 12.5. The average molecular weight is 298 g/mol. The number of carbonyl (C=O) groups is 1. The molecule has 0 N–H and O–H groups in total. The zero-order chi connectivity index (χ0) is 15.4. The van der Waals surface area contributed by atoms with Gasteiger partial charge in [-0.15, -0.1) is 0 Å². The van der Waals surface area contributed by atoms with E-state index in [4.69, 9.17) is 4.74 Å². The lowest BCUT2D eigenvalue weighted by Crippen LogP contribution is -2.32. The third-order valence-electron chi connectivity index (χ3n) is 3.05. The minimum Gasteiger partial charge on any atom is -0.492 e. The van der Waals surface area contributed by atoms with Crippen molar-refractivity contribution in [1.82, 2.24) is 0 Å². The molecule has 0 radical (unpaired) electrons. The highest BCUT2D eigenvalue weighted by molar-refractivity contribution is 7.92. The number of ketones is 1. The molecule has 0 aromatic heterocycles. The largest absolute Gasteiger partial charge is 0.492 e. The predicted octanol–water partition coefficient (Wildman–Crippen LogP) is 2.87. The van der Waals surface area contributed by atoms with E-state index in [2.05, 4.69) is 0 Å². The smallest absolute Gasteiger partial charge is 0.166 e. The van der Waals surface area contributed by atoms with E-state index in [-0.39, 0.29) is 18.1 Å². The van der Waals surface area contributed by atoms with E-state index in [1.807, 2.05) is 0 Å². The quantitative estimate of drug-likeness (QED) is 0.758. The summed E-state index contributed by atoms with van der Waals surface area (Å²) in [5, 5.41) is 0. The van der Waals surface area contributed by atoms with Gasteiger partial charge in [0.25, 0.3) is 0 Å². The van der Waals surface area contributed by atoms with Crippen molar-refractivity contribution in [3.05, 3.63) is 29.8 Å². The molecule has 0 bridgehead atoms. The van der Waals surface area contributed by atoms with Crippen LogP contribution >= 0.6 is 0 Å². The van der Waals surface area contributed by atoms with E-state index in [1.54, 1.807) is 52.0 Å². The molecule has 0 heterocycles. The number of para-hydroxylation sites is 1. The molecule has 112 valence electrons. The van der Waals surface area contributed by atoms with Crippen LogP contribution in [-0.4, -0.2) is 31.3 Å². The van der Waals surface area contributed by atoms with E-state index in [9.17, 15) is 13.2 Å². The van der Waals surface area contributed by atoms with Gasteiger partial charge in [-0.05, 0) is 32.9 Å². The van der Waals surface area contributed by atoms with E-state index >= 15 is 0 Å². The molecular formula is C15H22O4S. The van der Waals surface area contributed by atoms with Crippen LogP contribution in [0.5, 0.6) is 5.75 Å². The van der Waals surface area contributed by atoms with Crippen molar-refractivity contribution >= 4 is 15.6 Å². The van der Waals surface area contributed by atoms with Crippen molar-refractivity contribution < 1.29 is 17.9 Å². The zero-order valence-corrected chi connectivity index (χ0v) is 13.3. The van der Waals surface area contributed by atoms with E-state index in [1.165, 1.54) is 0 Å². The van der Waals surface area contributed by atoms with Gasteiger partial charge in [-0.25, -0.2) is 8.42 Å². The fourth-order valence-electron chi connectivity index (χ4n) is 1.58. The third-order valence-corrected chi connectivity index (χ3v) is 5.62. The number of benzene rings is 1. The number of ether oxygens (including phenoxy) is 1. The monoisotopic (exact) mass is 298 g/mol. The Morgan fingerprint density at radius 3 is 2.35 bits per heavy atom. The summed E-state index contributed by atoms with van der Waals surface area (Å²) in [6, 6.07) is 6.91. The second kappa shape index (κ2) is 6.39. The maximum Gasteiger partial charge on any atom is 0.166 e. The lowest BCUT2D eigenvalue weighted by molar-refractivity contribution is 0.0984. The van der Waals surface area contributed by atoms with Gasteiger partial charge >= 0.3 is 0 Å². The van der Waals surface area contributed by atoms with Gasteiger partial charge in [-0.2, -0.15) is 0 Å². The first-order chi connectivity index (χ1) is 9.19. The fraction of sp³-hybridized carbons (Fsp3) is 0.533. The molecule has 4 nitrogen and oxygen atoms in total. The molecule has 0 aliphatic heterocycles. The van der Waals surface area contributed by atoms with Gasteiger partial charge in [0.2, 0.25) is 0 Å². The van der Waals surface area contributed by atoms with E-state index < -0.39 is 14.6 Å². The van der Waals surface area contributed by atoms with Gasteiger partial charge in [0, 0.05) is 6.42 Å². The van der Waals surface area contributed by atoms with Gasteiger partial charge in [0.1, 0.15) is 12.4 Å². The van der Waals surface area contributed by atoms with Crippen LogP contribution in [0.2, 0.25) is 0 Å². The molecule has 0 amide bonds. The number of carbonyl (C=O) groups excluding carboxylic acids is 1. The normalized spacial score (nSPS) is 12.2. The van der Waals surface area contributed by atoms with Crippen molar-refractivity contribution in [3.8, 4) is 5.75 Å². The van der Waals surface area contributed by atoms with Crippen molar-refractivity contribution in [3.63, 3.8) is 0 Å². The predicted molar refractivity (Wildman–Crippen MR) is 80.1 cm³/mol. The number of hydrogen-bond donors (Lipinski definition) is 0. The molecular weight excluding hydrogens is 276 g/mol. The molecule has 0 unspecified atom stereocenters. The van der Waals surface area contributed by atoms with Gasteiger partial charge in [-0.1, -0.05) is 19.1 Å². The first kappa shape index (κ1) is 16.7. The Bertz CT molecular complexity index is 568. The summed E-state index contributed by atoms with van der Waals surface area (Å²) >= 11 is 0. The van der Waals surface area contributed by atoms with Crippen LogP contribution in [0.4, 0.5) is 0 Å². The van der Waals surface area contributed by atoms with Crippen LogP contribution in [-0.2, 0) is 9.84 Å². The molecule has 0 saturated carbocycles. The number of hydrogen-bond acceptors (Lipinski definition) is 4. The van der Waals surface area contributed by atoms with Crippen LogP contribution in [0, 0.1) is 0 Å². The Labute approximate surface area is 121 Å². The lowest BCUT2D eigenvalue weighted by atomic mass is 10.1. The fourth-order valence-corrected chi connectivity index (χ4v) is 2.50. The summed E-state index contributed by atoms with van der Waals surface area (Å²) < 4.78 is 28.6. The molecule has 0 atom stereocenters. The average Bonchev–Trinajstić information content (AvgIpc) is 2.37. The van der Waals surface area contributed by atoms with Crippen molar-refractivity contribution in [2.75, 3.05) is 12.4 Å². The van der Waals surface area contributed by atoms with Crippen LogP contribution in [0.3, 0.4) is 0 Å². The Kier molecular flexibility index (Phi) is 5.34. The number of rotatable bonds is 6. The summed E-state index contributed by atoms with van der Waals surface area (Å²) in [6.45, 7) is 6.82. The third kappa shape index (κ3) is 4.07. The number of sulfone groups is 1. The topological polar surface area (TPSA) is 60.4 Å². The molecule has 20 heavy (non-hydrogen) atoms. The molecule has 0 aliphatic carbocycles. The van der Waals surface area contributed by atoms with Gasteiger partial charge in [0.05, 0.1) is 16.1 Å². The van der Waals surface area contributed by atoms with Crippen LogP contribution < -0.4 is 4.74 Å². The summed E-state index contributed by atoms with van der Waals surface area (Å²) in [5.41, 5.74) is 0.503. The van der Waals surface area contributed by atoms with E-state index in [0.717, 1.165) is 0 Å². The maximum absolute atomic E-state index is 12.0. The SMILES string of the molecule is CCC(=O)c1ccccc1OCCS(=O)(=O)C(C)(C)C. The molecule has 0 aliphatic rings. The van der Waals surface area contributed by atoms with Crippen molar-refractivity contribution in [1.29, 1.82) is 0 Å². The lowest BCUT2D eigenvalue weighted by Gasteiger charge is -2.19. The van der Waals surface area contributed by atoms with Gasteiger partial charge < -0.3 is 4.74 Å². The van der Waals surface area contributed by atoms with Gasteiger partial charge in [-0.3, -0.25) is 4.79 Å². The standard InChI is InChI=1S/C15H22O4S/c1-5-13(16)12-8-6-7-9-14(12)19-10-11-20(17,18)15(2,3)4/h6-9H,5,10-11H2,1-4H3. The Morgan fingerprint density at radius 2 is 1.80 bits per heavy atom. The molecule has 0 fully saturated rings. The van der Waals surface area contributed by atoms with Crippen LogP contribution in [0.1, 0.15) is 44.5 Å². The first-order valence-corrected chi connectivity index (χ1v) is 8.31. The highest BCUT2D eigenvalue weighted by atomic mass is 32.2. The summed E-state index contributed by atoms with van der Waals surface area (Å²) in [4.78, 5) is 11.8. The molecule has 1 aromatic rings. The van der Waals surface area contributed by atoms with Crippen LogP contribution in [0.15, 0.2) is 24.3 Å². The minimum absolute atomic E-state index is 0.0146. The highest BCUT2D eigenvalue weighted by Crippen LogP contribution is 2.21. The van der Waals surface area contributed by atoms with Crippen LogP contribution in [0.25, 0.3) is 0 Å². The molecule has 1 aromatic carbocycles. The summed E-state index contributed by atoms with van der Waals surface area (Å²) in [6.07, 6.45) is 0.390. The van der Waals surface area contributed by atoms with E-state index in [0.29, 0.717) is 17.7 Å². The summed E-state index contributed by atoms with van der Waals surface area (Å²) in [7, 11) is -3.22. The number of Topliss-reactive ketones (excluding diaryl/α,β-unsaturated/α-hetero) is 1. The minimum atomic E-state index is -3.22. The van der Waals surface area contributed by atoms with Crippen molar-refractivity contribution in [2.45, 2.75) is 38.9 Å². The first-order valence-electron chi connectivity index (χ1n) is 6.66. The Morgan fingerprint density at radius 1 is 1.20 bits per heavy atom. The second-order valence-corrected chi connectivity index (χ2v) is 8.42. The molecule has 0 spiro atoms. The Balaban J connectivity index is 2.75. The Hall–Kier alpha value is -1.36. The van der Waals surface area contributed by atoms with Crippen molar-refractivity contribution in [2.24, 2.45) is 0 Å². The second-order valence-electron chi connectivity index (χ2n) is 5.55. The van der Waals surface area contributed by atoms with Gasteiger partial charge in [0.15, 0.2) is 15.6 Å². The molecule has 0 saturated heterocycles. The molecule has 1 rings (SSSR count). The highest BCUT2D eigenvalue weighted by Gasteiger charge is 2.28.